The number of nitrogens with one attached hydrogen (secondary N) is 2. The normalized spacial score (nSPS) is 18.1. The van der Waals surface area contributed by atoms with Crippen molar-refractivity contribution in [2.45, 2.75) is 77.4 Å². The largest absolute Gasteiger partial charge is 0.477 e. The van der Waals surface area contributed by atoms with E-state index in [0.29, 0.717) is 43.4 Å². The van der Waals surface area contributed by atoms with Gasteiger partial charge in [-0.2, -0.15) is 36.5 Å². The van der Waals surface area contributed by atoms with Gasteiger partial charge in [0.25, 0.3) is 0 Å². The number of nitrogens with two attached hydrogens (primary N) is 1. The van der Waals surface area contributed by atoms with E-state index in [1.807, 2.05) is 13.8 Å². The number of aromatic nitrogens is 6. The quantitative estimate of drug-likeness (QED) is 0.129. The molecule has 4 bridgehead atoms. The summed E-state index contributed by atoms with van der Waals surface area (Å²) in [6, 6.07) is 6.83. The summed E-state index contributed by atoms with van der Waals surface area (Å²) in [5.74, 6) is -2.37. The maximum absolute atomic E-state index is 13.1. The number of carboxylic acid groups (broad SMARTS) is 1. The molecule has 5 N–H and O–H groups in total. The van der Waals surface area contributed by atoms with Crippen molar-refractivity contribution >= 4 is 58.5 Å². The van der Waals surface area contributed by atoms with Gasteiger partial charge in [-0.25, -0.2) is 24.4 Å². The topological polar surface area (TPSA) is 229 Å². The second-order valence-electron chi connectivity index (χ2n) is 15.4. The van der Waals surface area contributed by atoms with Crippen molar-refractivity contribution < 1.29 is 50.6 Å². The molecule has 8 heterocycles. The van der Waals surface area contributed by atoms with Crippen molar-refractivity contribution in [3.63, 3.8) is 0 Å². The molecule has 0 spiro atoms. The predicted molar refractivity (Wildman–Crippen MR) is 217 cm³/mol. The number of halogens is 6. The summed E-state index contributed by atoms with van der Waals surface area (Å²) < 4.78 is 71.7. The van der Waals surface area contributed by atoms with Crippen LogP contribution < -0.4 is 36.0 Å². The van der Waals surface area contributed by atoms with Crippen LogP contribution >= 0.6 is 0 Å². The molecule has 4 aliphatic heterocycles. The van der Waals surface area contributed by atoms with Gasteiger partial charge in [0.05, 0.1) is 47.8 Å². The average molecular weight is 888 g/mol. The zero-order chi connectivity index (χ0) is 46.0. The standard InChI is InChI=1S/C20H21F3N6O2.C16H16N6O3.C3H6F3N/c1-11-7-17(27-24-9-11)26-19(31)29-13-5-6-28(10-13)15-4-3-14(25-18(15)29)16(30)8-12(2)20(21,22)23;1-9-6-13(20-17-7-9)19-16(25)22-10-4-5-21(8-10)12-3-2-11(15(23)24)18-14(12)22;1-2(7)3(4,5)6/h3-4,7,9,12-13H,5-6,8,10H2,1-2H3,(H,26,27,31);2-3,6-7,10H,4-5,8H2,1H3,(H,23,24)(H,19,20,25);2H,7H2,1H3/t12-,13-;10-;2-/m001/s1. The van der Waals surface area contributed by atoms with Gasteiger partial charge >= 0.3 is 30.4 Å². The van der Waals surface area contributed by atoms with E-state index in [1.54, 1.807) is 36.7 Å². The molecule has 0 unspecified atom stereocenters. The van der Waals surface area contributed by atoms with Crippen LogP contribution in [0, 0.1) is 19.8 Å². The first-order valence-corrected chi connectivity index (χ1v) is 19.6. The first-order chi connectivity index (χ1) is 29.6. The minimum atomic E-state index is -4.46. The molecule has 4 atom stereocenters. The van der Waals surface area contributed by atoms with Crippen LogP contribution in [-0.2, 0) is 0 Å². The summed E-state index contributed by atoms with van der Waals surface area (Å²) in [7, 11) is 0. The molecule has 0 aliphatic carbocycles. The van der Waals surface area contributed by atoms with Gasteiger partial charge in [-0.15, -0.1) is 10.2 Å². The lowest BCUT2D eigenvalue weighted by Crippen LogP contribution is -2.48. The molecule has 336 valence electrons. The lowest BCUT2D eigenvalue weighted by Gasteiger charge is -2.35. The number of nitrogens with zero attached hydrogens (tertiary/aromatic N) is 10. The number of carbonyl (C=O) groups excluding carboxylic acids is 3. The van der Waals surface area contributed by atoms with Crippen molar-refractivity contribution in [3.8, 4) is 0 Å². The molecule has 24 heteroatoms. The molecule has 2 saturated heterocycles. The molecule has 18 nitrogen and oxygen atoms in total. The number of aromatic carboxylic acids is 1. The SMILES string of the molecule is C[C@@H](N)C(F)(F)F.Cc1cnnc(NC(=O)N2c3nc(C(=O)C[C@H](C)C(F)(F)F)ccc3N3CC[C@H]2C3)c1.Cc1cnnc(NC(=O)N2c3nc(C(=O)O)ccc3N3CC[C@H]2C3)c1. The van der Waals surface area contributed by atoms with Crippen molar-refractivity contribution in [2.24, 2.45) is 11.7 Å². The van der Waals surface area contributed by atoms with Crippen LogP contribution in [-0.4, -0.2) is 116 Å². The second-order valence-corrected chi connectivity index (χ2v) is 15.4. The van der Waals surface area contributed by atoms with Gasteiger partial charge in [0.1, 0.15) is 5.69 Å². The maximum Gasteiger partial charge on any atom is 0.403 e. The third-order valence-corrected chi connectivity index (χ3v) is 10.5. The number of carboxylic acids is 1. The molecule has 0 radical (unpaired) electrons. The Kier molecular flexibility index (Phi) is 13.3. The van der Waals surface area contributed by atoms with Crippen LogP contribution in [0.4, 0.5) is 70.6 Å². The fraction of sp³-hybridized carbons (Fsp3) is 0.436. The molecule has 0 saturated carbocycles. The number of ketones is 1. The van der Waals surface area contributed by atoms with Crippen LogP contribution in [0.5, 0.6) is 0 Å². The highest BCUT2D eigenvalue weighted by molar-refractivity contribution is 6.06. The Morgan fingerprint density at radius 3 is 1.57 bits per heavy atom. The lowest BCUT2D eigenvalue weighted by molar-refractivity contribution is -0.168. The van der Waals surface area contributed by atoms with E-state index in [4.69, 9.17) is 0 Å². The molecular formula is C39H43F6N13O5. The summed E-state index contributed by atoms with van der Waals surface area (Å²) >= 11 is 0. The number of Topliss-reactive ketones (excluding diaryl/α,β-unsaturated/α-hetero) is 1. The fourth-order valence-electron chi connectivity index (χ4n) is 7.11. The van der Waals surface area contributed by atoms with Crippen molar-refractivity contribution in [1.82, 2.24) is 30.4 Å². The van der Waals surface area contributed by atoms with Gasteiger partial charge in [0, 0.05) is 32.6 Å². The highest BCUT2D eigenvalue weighted by Gasteiger charge is 2.43. The Morgan fingerprint density at radius 2 is 1.17 bits per heavy atom. The van der Waals surface area contributed by atoms with Crippen LogP contribution in [0.1, 0.15) is 65.2 Å². The third-order valence-electron chi connectivity index (χ3n) is 10.5. The number of hydrogen-bond donors (Lipinski definition) is 4. The molecule has 4 aromatic rings. The fourth-order valence-corrected chi connectivity index (χ4v) is 7.11. The van der Waals surface area contributed by atoms with E-state index in [9.17, 15) is 50.6 Å². The number of urea groups is 2. The van der Waals surface area contributed by atoms with Crippen LogP contribution in [0.2, 0.25) is 0 Å². The summed E-state index contributed by atoms with van der Waals surface area (Å²) in [5, 5.41) is 30.1. The Labute approximate surface area is 355 Å². The van der Waals surface area contributed by atoms with Gasteiger partial charge < -0.3 is 20.6 Å². The van der Waals surface area contributed by atoms with Crippen LogP contribution in [0.3, 0.4) is 0 Å². The number of hydrogen-bond acceptors (Lipinski definition) is 13. The van der Waals surface area contributed by atoms with Gasteiger partial charge in [-0.3, -0.25) is 25.2 Å². The van der Waals surface area contributed by atoms with Crippen molar-refractivity contribution in [2.75, 3.05) is 56.4 Å². The summed E-state index contributed by atoms with van der Waals surface area (Å²) in [6.07, 6.45) is -4.73. The number of pyridine rings is 2. The van der Waals surface area contributed by atoms with Gasteiger partial charge in [-0.05, 0) is 81.1 Å². The highest BCUT2D eigenvalue weighted by Crippen LogP contribution is 2.41. The number of rotatable bonds is 6. The number of amides is 4. The van der Waals surface area contributed by atoms with E-state index >= 15 is 0 Å². The molecule has 0 aromatic carbocycles. The minimum absolute atomic E-state index is 0.0539. The van der Waals surface area contributed by atoms with E-state index in [0.717, 1.165) is 43.6 Å². The Bertz CT molecular complexity index is 2370. The third kappa shape index (κ3) is 10.7. The molecule has 4 amide bonds. The zero-order valence-electron chi connectivity index (χ0n) is 34.3. The first kappa shape index (κ1) is 45.8. The smallest absolute Gasteiger partial charge is 0.403 e. The van der Waals surface area contributed by atoms with Gasteiger partial charge in [0.2, 0.25) is 0 Å². The number of carbonyl (C=O) groups is 4. The van der Waals surface area contributed by atoms with Crippen molar-refractivity contribution in [3.05, 3.63) is 71.3 Å². The molecule has 2 fully saturated rings. The minimum Gasteiger partial charge on any atom is -0.477 e. The summed E-state index contributed by atoms with van der Waals surface area (Å²) in [6.45, 7) is 8.37. The first-order valence-electron chi connectivity index (χ1n) is 19.6. The Hall–Kier alpha value is -6.72. The highest BCUT2D eigenvalue weighted by atomic mass is 19.4. The van der Waals surface area contributed by atoms with E-state index in [-0.39, 0.29) is 41.1 Å². The molecular weight excluding hydrogens is 845 g/mol. The molecule has 8 rings (SSSR count). The predicted octanol–water partition coefficient (Wildman–Crippen LogP) is 5.99. The number of alkyl halides is 6. The van der Waals surface area contributed by atoms with E-state index < -0.39 is 48.5 Å². The average Bonchev–Trinajstić information content (AvgIpc) is 3.82. The molecule has 63 heavy (non-hydrogen) atoms. The van der Waals surface area contributed by atoms with Crippen molar-refractivity contribution in [1.29, 1.82) is 0 Å². The van der Waals surface area contributed by atoms with E-state index in [2.05, 4.69) is 56.5 Å². The monoisotopic (exact) mass is 887 g/mol. The number of fused-ring (bicyclic) bond motifs is 8. The molecule has 4 aromatic heterocycles. The number of anilines is 6. The number of aryl methyl sites for hydroxylation is 2. The van der Waals surface area contributed by atoms with E-state index in [1.165, 1.54) is 21.9 Å². The lowest BCUT2D eigenvalue weighted by atomic mass is 10.0. The van der Waals surface area contributed by atoms with Crippen LogP contribution in [0.25, 0.3) is 0 Å². The van der Waals surface area contributed by atoms with Gasteiger partial charge in [0.15, 0.2) is 34.7 Å². The Morgan fingerprint density at radius 1 is 0.746 bits per heavy atom. The molecule has 4 aliphatic rings. The Balaban J connectivity index is 0.000000185. The van der Waals surface area contributed by atoms with Gasteiger partial charge in [-0.1, -0.05) is 6.92 Å². The summed E-state index contributed by atoms with van der Waals surface area (Å²) in [5.41, 5.74) is 7.40. The maximum atomic E-state index is 13.1. The summed E-state index contributed by atoms with van der Waals surface area (Å²) in [4.78, 5) is 65.3. The zero-order valence-corrected chi connectivity index (χ0v) is 34.3. The second kappa shape index (κ2) is 18.3. The van der Waals surface area contributed by atoms with Crippen LogP contribution in [0.15, 0.2) is 48.8 Å².